The Labute approximate surface area is 117 Å². The third-order valence-electron chi connectivity index (χ3n) is 3.62. The molecule has 1 aliphatic rings. The van der Waals surface area contributed by atoms with Crippen LogP contribution in [0.1, 0.15) is 34.8 Å². The molecule has 1 aromatic carbocycles. The number of allylic oxidation sites excluding steroid dienone is 2. The van der Waals surface area contributed by atoms with Crippen molar-refractivity contribution in [2.75, 3.05) is 0 Å². The van der Waals surface area contributed by atoms with E-state index in [-0.39, 0.29) is 5.78 Å². The van der Waals surface area contributed by atoms with Crippen molar-refractivity contribution in [1.29, 1.82) is 0 Å². The van der Waals surface area contributed by atoms with Crippen molar-refractivity contribution < 1.29 is 4.79 Å². The first-order valence-corrected chi connectivity index (χ1v) is 7.44. The number of carbonyl (C=O) groups is 1. The second-order valence-corrected chi connectivity index (χ2v) is 6.10. The molecule has 96 valence electrons. The lowest BCUT2D eigenvalue weighted by atomic mass is 9.84. The maximum Gasteiger partial charge on any atom is 0.156 e. The molecule has 2 aromatic rings. The standard InChI is InChI=1S/C17H16OS/c1-12-4-6-13(7-5-12)14-9-15(11-16(18)10-14)17-3-2-8-19-17/h2-8,10,15H,9,11H2,1H3. The molecule has 2 heteroatoms. The third kappa shape index (κ3) is 2.69. The van der Waals surface area contributed by atoms with E-state index >= 15 is 0 Å². The van der Waals surface area contributed by atoms with Gasteiger partial charge < -0.3 is 0 Å². The van der Waals surface area contributed by atoms with Gasteiger partial charge in [-0.1, -0.05) is 35.9 Å². The predicted molar refractivity (Wildman–Crippen MR) is 80.5 cm³/mol. The van der Waals surface area contributed by atoms with Crippen LogP contribution in [0.15, 0.2) is 47.9 Å². The van der Waals surface area contributed by atoms with E-state index in [1.54, 1.807) is 11.3 Å². The normalized spacial score (nSPS) is 19.3. The van der Waals surface area contributed by atoms with Gasteiger partial charge in [-0.3, -0.25) is 4.79 Å². The first-order chi connectivity index (χ1) is 9.22. The average Bonchev–Trinajstić information content (AvgIpc) is 2.93. The zero-order chi connectivity index (χ0) is 13.2. The summed E-state index contributed by atoms with van der Waals surface area (Å²) in [6.45, 7) is 2.08. The Bertz CT molecular complexity index is 605. The molecule has 0 radical (unpaired) electrons. The summed E-state index contributed by atoms with van der Waals surface area (Å²) < 4.78 is 0. The molecule has 0 saturated carbocycles. The fraction of sp³-hybridized carbons (Fsp3) is 0.235. The summed E-state index contributed by atoms with van der Waals surface area (Å²) >= 11 is 1.75. The van der Waals surface area contributed by atoms with Gasteiger partial charge in [0.1, 0.15) is 0 Å². The summed E-state index contributed by atoms with van der Waals surface area (Å²) in [4.78, 5) is 13.3. The van der Waals surface area contributed by atoms with Gasteiger partial charge in [-0.05, 0) is 42.0 Å². The summed E-state index contributed by atoms with van der Waals surface area (Å²) in [6, 6.07) is 12.6. The van der Waals surface area contributed by atoms with Gasteiger partial charge in [0.05, 0.1) is 0 Å². The number of hydrogen-bond donors (Lipinski definition) is 0. The molecule has 1 aromatic heterocycles. The van der Waals surface area contributed by atoms with Crippen molar-refractivity contribution in [2.24, 2.45) is 0 Å². The molecule has 0 N–H and O–H groups in total. The molecular formula is C17H16OS. The SMILES string of the molecule is Cc1ccc(C2=CC(=O)CC(c3cccs3)C2)cc1. The van der Waals surface area contributed by atoms with Gasteiger partial charge in [-0.2, -0.15) is 0 Å². The van der Waals surface area contributed by atoms with Gasteiger partial charge in [0.15, 0.2) is 5.78 Å². The average molecular weight is 268 g/mol. The van der Waals surface area contributed by atoms with Crippen molar-refractivity contribution >= 4 is 22.7 Å². The monoisotopic (exact) mass is 268 g/mol. The van der Waals surface area contributed by atoms with E-state index in [0.29, 0.717) is 12.3 Å². The van der Waals surface area contributed by atoms with E-state index in [9.17, 15) is 4.79 Å². The van der Waals surface area contributed by atoms with E-state index in [4.69, 9.17) is 0 Å². The molecule has 3 rings (SSSR count). The van der Waals surface area contributed by atoms with Crippen LogP contribution in [0.5, 0.6) is 0 Å². The van der Waals surface area contributed by atoms with E-state index in [1.807, 2.05) is 6.08 Å². The topological polar surface area (TPSA) is 17.1 Å². The number of rotatable bonds is 2. The minimum atomic E-state index is 0.250. The molecule has 1 nitrogen and oxygen atoms in total. The molecule has 0 fully saturated rings. The molecule has 1 heterocycles. The maximum absolute atomic E-state index is 11.9. The van der Waals surface area contributed by atoms with Crippen molar-refractivity contribution in [3.63, 3.8) is 0 Å². The Morgan fingerprint density at radius 2 is 1.89 bits per heavy atom. The van der Waals surface area contributed by atoms with Crippen LogP contribution >= 0.6 is 11.3 Å². The third-order valence-corrected chi connectivity index (χ3v) is 4.65. The molecule has 1 unspecified atom stereocenters. The van der Waals surface area contributed by atoms with E-state index < -0.39 is 0 Å². The number of hydrogen-bond acceptors (Lipinski definition) is 2. The Morgan fingerprint density at radius 1 is 1.11 bits per heavy atom. The van der Waals surface area contributed by atoms with Gasteiger partial charge in [-0.15, -0.1) is 11.3 Å². The Morgan fingerprint density at radius 3 is 2.58 bits per heavy atom. The maximum atomic E-state index is 11.9. The van der Waals surface area contributed by atoms with Gasteiger partial charge in [0.25, 0.3) is 0 Å². The lowest BCUT2D eigenvalue weighted by molar-refractivity contribution is -0.115. The van der Waals surface area contributed by atoms with Crippen LogP contribution in [0.3, 0.4) is 0 Å². The van der Waals surface area contributed by atoms with Crippen LogP contribution in [0.25, 0.3) is 5.57 Å². The van der Waals surface area contributed by atoms with E-state index in [2.05, 4.69) is 48.7 Å². The van der Waals surface area contributed by atoms with Gasteiger partial charge in [-0.25, -0.2) is 0 Å². The number of benzene rings is 1. The molecule has 1 aliphatic carbocycles. The van der Waals surface area contributed by atoms with E-state index in [0.717, 1.165) is 6.42 Å². The highest BCUT2D eigenvalue weighted by molar-refractivity contribution is 7.10. The molecule has 1 atom stereocenters. The quantitative estimate of drug-likeness (QED) is 0.778. The lowest BCUT2D eigenvalue weighted by Gasteiger charge is -2.21. The molecule has 0 spiro atoms. The highest BCUT2D eigenvalue weighted by atomic mass is 32.1. The summed E-state index contributed by atoms with van der Waals surface area (Å²) in [5, 5.41) is 2.09. The molecular weight excluding hydrogens is 252 g/mol. The molecule has 0 amide bonds. The van der Waals surface area contributed by atoms with E-state index in [1.165, 1.54) is 21.6 Å². The fourth-order valence-corrected chi connectivity index (χ4v) is 3.42. The summed E-state index contributed by atoms with van der Waals surface area (Å²) in [6.07, 6.45) is 3.44. The smallest absolute Gasteiger partial charge is 0.156 e. The molecule has 0 saturated heterocycles. The predicted octanol–water partition coefficient (Wildman–Crippen LogP) is 4.59. The van der Waals surface area contributed by atoms with Crippen molar-refractivity contribution in [3.05, 3.63) is 63.9 Å². The Kier molecular flexibility index (Phi) is 3.34. The fourth-order valence-electron chi connectivity index (χ4n) is 2.59. The van der Waals surface area contributed by atoms with Crippen LogP contribution < -0.4 is 0 Å². The second kappa shape index (κ2) is 5.14. The zero-order valence-electron chi connectivity index (χ0n) is 10.9. The summed E-state index contributed by atoms with van der Waals surface area (Å²) in [5.74, 6) is 0.606. The summed E-state index contributed by atoms with van der Waals surface area (Å²) in [7, 11) is 0. The highest BCUT2D eigenvalue weighted by Gasteiger charge is 2.23. The van der Waals surface area contributed by atoms with Crippen molar-refractivity contribution in [1.82, 2.24) is 0 Å². The first kappa shape index (κ1) is 12.4. The Balaban J connectivity index is 1.89. The summed E-state index contributed by atoms with van der Waals surface area (Å²) in [5.41, 5.74) is 3.61. The number of thiophene rings is 1. The molecule has 0 aliphatic heterocycles. The van der Waals surface area contributed by atoms with Crippen molar-refractivity contribution in [2.45, 2.75) is 25.7 Å². The molecule has 19 heavy (non-hydrogen) atoms. The molecule has 0 bridgehead atoms. The van der Waals surface area contributed by atoms with Gasteiger partial charge >= 0.3 is 0 Å². The van der Waals surface area contributed by atoms with Crippen LogP contribution in [0, 0.1) is 6.92 Å². The number of carbonyl (C=O) groups excluding carboxylic acids is 1. The second-order valence-electron chi connectivity index (χ2n) is 5.12. The lowest BCUT2D eigenvalue weighted by Crippen LogP contribution is -2.11. The Hall–Kier alpha value is -1.67. The number of ketones is 1. The highest BCUT2D eigenvalue weighted by Crippen LogP contribution is 2.37. The first-order valence-electron chi connectivity index (χ1n) is 6.56. The van der Waals surface area contributed by atoms with Crippen LogP contribution in [-0.2, 0) is 4.79 Å². The van der Waals surface area contributed by atoms with Crippen LogP contribution in [0.2, 0.25) is 0 Å². The minimum absolute atomic E-state index is 0.250. The number of aryl methyl sites for hydroxylation is 1. The minimum Gasteiger partial charge on any atom is -0.295 e. The van der Waals surface area contributed by atoms with Crippen LogP contribution in [0.4, 0.5) is 0 Å². The zero-order valence-corrected chi connectivity index (χ0v) is 11.7. The van der Waals surface area contributed by atoms with Crippen LogP contribution in [-0.4, -0.2) is 5.78 Å². The van der Waals surface area contributed by atoms with Gasteiger partial charge in [0, 0.05) is 17.2 Å². The van der Waals surface area contributed by atoms with Gasteiger partial charge in [0.2, 0.25) is 0 Å². The largest absolute Gasteiger partial charge is 0.295 e. The van der Waals surface area contributed by atoms with Crippen molar-refractivity contribution in [3.8, 4) is 0 Å².